The number of carbonyl (C=O) groups excluding carboxylic acids is 1. The Bertz CT molecular complexity index is 1030. The largest absolute Gasteiger partial charge is 0.491 e. The predicted octanol–water partition coefficient (Wildman–Crippen LogP) is 2.46. The summed E-state index contributed by atoms with van der Waals surface area (Å²) in [6.45, 7) is 1.99. The first-order valence-corrected chi connectivity index (χ1v) is 9.98. The van der Waals surface area contributed by atoms with Crippen LogP contribution in [-0.2, 0) is 13.1 Å². The number of rotatable bonds is 4. The number of methoxy groups -OCH3 is 1. The van der Waals surface area contributed by atoms with E-state index in [-0.39, 0.29) is 23.0 Å². The molecule has 0 unspecified atom stereocenters. The number of hydrogen-bond donors (Lipinski definition) is 0. The molecule has 30 heavy (non-hydrogen) atoms. The fourth-order valence-electron chi connectivity index (χ4n) is 4.68. The van der Waals surface area contributed by atoms with Gasteiger partial charge < -0.3 is 19.1 Å². The lowest BCUT2D eigenvalue weighted by Gasteiger charge is -2.43. The molecule has 0 radical (unpaired) electrons. The van der Waals surface area contributed by atoms with Crippen LogP contribution in [0.3, 0.4) is 0 Å². The van der Waals surface area contributed by atoms with Gasteiger partial charge >= 0.3 is 0 Å². The van der Waals surface area contributed by atoms with Gasteiger partial charge in [0.25, 0.3) is 11.5 Å². The lowest BCUT2D eigenvalue weighted by molar-refractivity contribution is 0.0593. The highest BCUT2D eigenvalue weighted by Gasteiger charge is 2.37. The zero-order chi connectivity index (χ0) is 21.6. The smallest absolute Gasteiger partial charge is 0.255 e. The summed E-state index contributed by atoms with van der Waals surface area (Å²) in [5, 5.41) is 0. The van der Waals surface area contributed by atoms with Crippen molar-refractivity contribution in [3.05, 3.63) is 63.1 Å². The van der Waals surface area contributed by atoms with Crippen LogP contribution in [-0.4, -0.2) is 54.6 Å². The number of aromatic nitrogens is 1. The highest BCUT2D eigenvalue weighted by Crippen LogP contribution is 2.36. The predicted molar refractivity (Wildman–Crippen MR) is 108 cm³/mol. The molecule has 0 saturated carbocycles. The van der Waals surface area contributed by atoms with Crippen molar-refractivity contribution >= 4 is 5.91 Å². The Kier molecular flexibility index (Phi) is 5.36. The standard InChI is InChI=1S/C22H25F2N3O3/c1-25(2)11-14-4-5-19-16-6-13(10-27(19)22(14)29)9-26(12-16)21(28)15-7-17(23)20(30-3)18(24)8-15/h4-5,7-8,13,16H,6,9-12H2,1-3H3/t13-,16+/m0/s1. The van der Waals surface area contributed by atoms with Gasteiger partial charge in [0, 0.05) is 48.9 Å². The van der Waals surface area contributed by atoms with Gasteiger partial charge in [0.05, 0.1) is 7.11 Å². The Morgan fingerprint density at radius 2 is 1.87 bits per heavy atom. The minimum atomic E-state index is -0.900. The van der Waals surface area contributed by atoms with Crippen LogP contribution in [0.1, 0.15) is 34.0 Å². The molecule has 2 aliphatic rings. The summed E-state index contributed by atoms with van der Waals surface area (Å²) in [6.07, 6.45) is 0.890. The van der Waals surface area contributed by atoms with E-state index in [4.69, 9.17) is 4.74 Å². The summed E-state index contributed by atoms with van der Waals surface area (Å²) in [5.41, 5.74) is 1.66. The van der Waals surface area contributed by atoms with Crippen molar-refractivity contribution in [1.29, 1.82) is 0 Å². The quantitative estimate of drug-likeness (QED) is 0.767. The first kappa shape index (κ1) is 20.5. The summed E-state index contributed by atoms with van der Waals surface area (Å²) in [4.78, 5) is 29.5. The van der Waals surface area contributed by atoms with Crippen LogP contribution >= 0.6 is 0 Å². The summed E-state index contributed by atoms with van der Waals surface area (Å²) in [5.74, 6) is -2.56. The normalized spacial score (nSPS) is 20.3. The molecule has 0 aliphatic carbocycles. The molecule has 0 spiro atoms. The van der Waals surface area contributed by atoms with Gasteiger partial charge in [-0.05, 0) is 44.6 Å². The molecule has 1 amide bonds. The lowest BCUT2D eigenvalue weighted by atomic mass is 9.82. The van der Waals surface area contributed by atoms with Gasteiger partial charge in [-0.3, -0.25) is 9.59 Å². The second-order valence-electron chi connectivity index (χ2n) is 8.42. The van der Waals surface area contributed by atoms with Crippen molar-refractivity contribution < 1.29 is 18.3 Å². The van der Waals surface area contributed by atoms with E-state index < -0.39 is 23.3 Å². The van der Waals surface area contributed by atoms with E-state index in [1.807, 2.05) is 35.7 Å². The van der Waals surface area contributed by atoms with Crippen molar-refractivity contribution in [3.8, 4) is 5.75 Å². The van der Waals surface area contributed by atoms with Gasteiger partial charge in [-0.25, -0.2) is 8.78 Å². The van der Waals surface area contributed by atoms with E-state index in [1.54, 1.807) is 4.90 Å². The molecule has 4 rings (SSSR count). The van der Waals surface area contributed by atoms with Gasteiger partial charge in [0.2, 0.25) is 0 Å². The van der Waals surface area contributed by atoms with Crippen LogP contribution in [0.5, 0.6) is 5.75 Å². The van der Waals surface area contributed by atoms with Crippen molar-refractivity contribution in [2.24, 2.45) is 5.92 Å². The molecule has 2 atom stereocenters. The molecule has 2 bridgehead atoms. The van der Waals surface area contributed by atoms with Crippen molar-refractivity contribution in [2.75, 3.05) is 34.3 Å². The van der Waals surface area contributed by atoms with Gasteiger partial charge in [-0.15, -0.1) is 0 Å². The fourth-order valence-corrected chi connectivity index (χ4v) is 4.68. The maximum atomic E-state index is 14.1. The second-order valence-corrected chi connectivity index (χ2v) is 8.42. The van der Waals surface area contributed by atoms with E-state index in [9.17, 15) is 18.4 Å². The molecular weight excluding hydrogens is 392 g/mol. The van der Waals surface area contributed by atoms with Crippen molar-refractivity contribution in [1.82, 2.24) is 14.4 Å². The molecule has 8 heteroatoms. The topological polar surface area (TPSA) is 54.8 Å². The molecule has 1 fully saturated rings. The molecule has 1 aromatic heterocycles. The van der Waals surface area contributed by atoms with Gasteiger partial charge in [-0.1, -0.05) is 6.07 Å². The van der Waals surface area contributed by atoms with Crippen LogP contribution in [0, 0.1) is 17.6 Å². The SMILES string of the molecule is COc1c(F)cc(C(=O)N2C[C@@H]3C[C@H](C2)c2ccc(CN(C)C)c(=O)n2C3)cc1F. The Labute approximate surface area is 173 Å². The van der Waals surface area contributed by atoms with Crippen molar-refractivity contribution in [3.63, 3.8) is 0 Å². The zero-order valence-electron chi connectivity index (χ0n) is 17.3. The monoisotopic (exact) mass is 417 g/mol. The number of hydrogen-bond acceptors (Lipinski definition) is 4. The highest BCUT2D eigenvalue weighted by atomic mass is 19.1. The third-order valence-electron chi connectivity index (χ3n) is 5.91. The lowest BCUT2D eigenvalue weighted by Crippen LogP contribution is -2.49. The number of fused-ring (bicyclic) bond motifs is 4. The molecule has 6 nitrogen and oxygen atoms in total. The zero-order valence-corrected chi connectivity index (χ0v) is 17.3. The maximum Gasteiger partial charge on any atom is 0.255 e. The van der Waals surface area contributed by atoms with E-state index in [2.05, 4.69) is 0 Å². The van der Waals surface area contributed by atoms with Crippen LogP contribution in [0.4, 0.5) is 8.78 Å². The van der Waals surface area contributed by atoms with E-state index in [0.717, 1.165) is 29.8 Å². The van der Waals surface area contributed by atoms with Crippen LogP contribution < -0.4 is 10.3 Å². The number of likely N-dealkylation sites (tertiary alicyclic amines) is 1. The summed E-state index contributed by atoms with van der Waals surface area (Å²) in [6, 6.07) is 5.87. The summed E-state index contributed by atoms with van der Waals surface area (Å²) < 4.78 is 34.7. The number of piperidine rings is 1. The van der Waals surface area contributed by atoms with Crippen LogP contribution in [0.15, 0.2) is 29.1 Å². The average Bonchev–Trinajstić information content (AvgIpc) is 2.69. The third kappa shape index (κ3) is 3.60. The van der Waals surface area contributed by atoms with Crippen LogP contribution in [0.25, 0.3) is 0 Å². The number of nitrogens with zero attached hydrogens (tertiary/aromatic N) is 3. The number of carbonyl (C=O) groups is 1. The van der Waals surface area contributed by atoms with Gasteiger partial charge in [0.15, 0.2) is 17.4 Å². The Hall–Kier alpha value is -2.74. The molecule has 3 heterocycles. The number of halogens is 2. The second kappa shape index (κ2) is 7.83. The fraction of sp³-hybridized carbons (Fsp3) is 0.455. The Morgan fingerprint density at radius 3 is 2.50 bits per heavy atom. The average molecular weight is 417 g/mol. The molecule has 2 aromatic rings. The number of benzene rings is 1. The number of ether oxygens (including phenoxy) is 1. The molecule has 0 N–H and O–H groups in total. The Morgan fingerprint density at radius 1 is 1.17 bits per heavy atom. The molecule has 2 aliphatic heterocycles. The van der Waals surface area contributed by atoms with Gasteiger partial charge in [-0.2, -0.15) is 0 Å². The van der Waals surface area contributed by atoms with E-state index in [0.29, 0.717) is 26.2 Å². The highest BCUT2D eigenvalue weighted by molar-refractivity contribution is 5.94. The summed E-state index contributed by atoms with van der Waals surface area (Å²) in [7, 11) is 5.03. The minimum Gasteiger partial charge on any atom is -0.491 e. The maximum absolute atomic E-state index is 14.1. The molecule has 1 aromatic carbocycles. The number of pyridine rings is 1. The summed E-state index contributed by atoms with van der Waals surface area (Å²) >= 11 is 0. The van der Waals surface area contributed by atoms with Gasteiger partial charge in [0.1, 0.15) is 0 Å². The minimum absolute atomic E-state index is 0.0231. The molecule has 1 saturated heterocycles. The molecular formula is C22H25F2N3O3. The van der Waals surface area contributed by atoms with Crippen molar-refractivity contribution in [2.45, 2.75) is 25.4 Å². The van der Waals surface area contributed by atoms with Crippen LogP contribution in [0.2, 0.25) is 0 Å². The number of amides is 1. The Balaban J connectivity index is 1.60. The third-order valence-corrected chi connectivity index (χ3v) is 5.91. The molecule has 160 valence electrons. The van der Waals surface area contributed by atoms with E-state index >= 15 is 0 Å². The van der Waals surface area contributed by atoms with E-state index in [1.165, 1.54) is 7.11 Å². The first-order valence-electron chi connectivity index (χ1n) is 9.98. The first-order chi connectivity index (χ1) is 14.3.